The van der Waals surface area contributed by atoms with Crippen molar-refractivity contribution < 1.29 is 4.79 Å². The van der Waals surface area contributed by atoms with Gasteiger partial charge in [0.2, 0.25) is 0 Å². The summed E-state index contributed by atoms with van der Waals surface area (Å²) in [7, 11) is 1.60. The van der Waals surface area contributed by atoms with Crippen molar-refractivity contribution in [2.45, 2.75) is 34.6 Å². The highest BCUT2D eigenvalue weighted by molar-refractivity contribution is 6.02. The number of hydrogen-bond donors (Lipinski definition) is 1. The molecule has 7 heteroatoms. The average molecular weight is 415 g/mol. The molecule has 0 unspecified atom stereocenters. The molecular weight excluding hydrogens is 390 g/mol. The summed E-state index contributed by atoms with van der Waals surface area (Å²) in [5.74, 6) is -0.330. The SMILES string of the molecule is Cc1cc(C)c(-c2nc(C(N)=O)c3c(n2)n(-c2ccc(C)c(C)c2)c(=O)n3C)c(C)c1. The van der Waals surface area contributed by atoms with Gasteiger partial charge in [0.15, 0.2) is 17.2 Å². The fourth-order valence-corrected chi connectivity index (χ4v) is 4.16. The molecule has 2 aromatic heterocycles. The molecule has 31 heavy (non-hydrogen) atoms. The number of nitrogens with zero attached hydrogens (tertiary/aromatic N) is 4. The largest absolute Gasteiger partial charge is 0.364 e. The summed E-state index contributed by atoms with van der Waals surface area (Å²) in [6.07, 6.45) is 0. The second kappa shape index (κ2) is 7.19. The minimum absolute atomic E-state index is 0.0292. The smallest absolute Gasteiger partial charge is 0.334 e. The van der Waals surface area contributed by atoms with Crippen molar-refractivity contribution >= 4 is 17.1 Å². The normalized spacial score (nSPS) is 11.3. The lowest BCUT2D eigenvalue weighted by atomic mass is 9.99. The predicted molar refractivity (Wildman–Crippen MR) is 122 cm³/mol. The van der Waals surface area contributed by atoms with Gasteiger partial charge in [-0.2, -0.15) is 0 Å². The van der Waals surface area contributed by atoms with Gasteiger partial charge in [-0.05, 0) is 69.0 Å². The van der Waals surface area contributed by atoms with Gasteiger partial charge in [-0.1, -0.05) is 23.8 Å². The second-order valence-electron chi connectivity index (χ2n) is 8.15. The molecule has 4 aromatic rings. The maximum atomic E-state index is 13.2. The zero-order valence-corrected chi connectivity index (χ0v) is 18.6. The summed E-state index contributed by atoms with van der Waals surface area (Å²) in [6.45, 7) is 9.99. The van der Waals surface area contributed by atoms with Crippen LogP contribution in [0.1, 0.15) is 38.3 Å². The van der Waals surface area contributed by atoms with E-state index in [2.05, 4.69) is 4.98 Å². The standard InChI is InChI=1S/C24H25N5O2/c1-12-9-15(4)18(16(5)10-12)22-26-19(21(25)30)20-23(27-22)29(24(31)28(20)6)17-8-7-13(2)14(3)11-17/h7-11H,1-6H3,(H2,25,30). The van der Waals surface area contributed by atoms with Crippen molar-refractivity contribution in [2.24, 2.45) is 12.8 Å². The lowest BCUT2D eigenvalue weighted by Crippen LogP contribution is -2.21. The zero-order chi connectivity index (χ0) is 22.6. The third kappa shape index (κ3) is 3.22. The van der Waals surface area contributed by atoms with Gasteiger partial charge in [-0.3, -0.25) is 9.36 Å². The van der Waals surface area contributed by atoms with Gasteiger partial charge < -0.3 is 5.73 Å². The Hall–Kier alpha value is -3.74. The molecular formula is C24H25N5O2. The lowest BCUT2D eigenvalue weighted by molar-refractivity contribution is 0.0997. The van der Waals surface area contributed by atoms with E-state index in [0.29, 0.717) is 22.7 Å². The molecule has 0 aliphatic heterocycles. The van der Waals surface area contributed by atoms with Crippen LogP contribution in [0, 0.1) is 34.6 Å². The number of aromatic nitrogens is 4. The number of rotatable bonds is 3. The summed E-state index contributed by atoms with van der Waals surface area (Å²) in [5.41, 5.74) is 12.9. The van der Waals surface area contributed by atoms with Gasteiger partial charge in [-0.25, -0.2) is 19.3 Å². The van der Waals surface area contributed by atoms with E-state index >= 15 is 0 Å². The highest BCUT2D eigenvalue weighted by atomic mass is 16.2. The van der Waals surface area contributed by atoms with E-state index in [-0.39, 0.29) is 11.4 Å². The number of primary amides is 1. The molecule has 0 aliphatic rings. The fourth-order valence-electron chi connectivity index (χ4n) is 4.16. The van der Waals surface area contributed by atoms with Crippen LogP contribution in [0.15, 0.2) is 35.1 Å². The van der Waals surface area contributed by atoms with Gasteiger partial charge in [-0.15, -0.1) is 0 Å². The van der Waals surface area contributed by atoms with Crippen LogP contribution in [0.3, 0.4) is 0 Å². The molecule has 0 bridgehead atoms. The van der Waals surface area contributed by atoms with Crippen molar-refractivity contribution in [1.82, 2.24) is 19.1 Å². The highest BCUT2D eigenvalue weighted by Gasteiger charge is 2.24. The Bertz CT molecular complexity index is 1420. The van der Waals surface area contributed by atoms with Gasteiger partial charge in [0, 0.05) is 12.6 Å². The molecule has 0 radical (unpaired) electrons. The Morgan fingerprint density at radius 1 is 0.903 bits per heavy atom. The van der Waals surface area contributed by atoms with Gasteiger partial charge >= 0.3 is 5.69 Å². The number of benzene rings is 2. The Balaban J connectivity index is 2.15. The van der Waals surface area contributed by atoms with E-state index in [1.165, 1.54) is 9.13 Å². The maximum Gasteiger partial charge on any atom is 0.334 e. The molecule has 2 aromatic carbocycles. The van der Waals surface area contributed by atoms with Crippen LogP contribution >= 0.6 is 0 Å². The quantitative estimate of drug-likeness (QED) is 0.554. The highest BCUT2D eigenvalue weighted by Crippen LogP contribution is 2.29. The summed E-state index contributed by atoms with van der Waals surface area (Å²) < 4.78 is 2.89. The first-order valence-electron chi connectivity index (χ1n) is 10.0. The Morgan fingerprint density at radius 3 is 2.13 bits per heavy atom. The molecule has 1 amide bonds. The van der Waals surface area contributed by atoms with Crippen LogP contribution in [-0.2, 0) is 7.05 Å². The third-order valence-electron chi connectivity index (χ3n) is 5.77. The number of hydrogen-bond acceptors (Lipinski definition) is 4. The molecule has 0 saturated carbocycles. The van der Waals surface area contributed by atoms with E-state index in [1.54, 1.807) is 7.05 Å². The molecule has 7 nitrogen and oxygen atoms in total. The average Bonchev–Trinajstić information content (AvgIpc) is 2.93. The van der Waals surface area contributed by atoms with E-state index in [1.807, 2.05) is 65.0 Å². The summed E-state index contributed by atoms with van der Waals surface area (Å²) in [5, 5.41) is 0. The van der Waals surface area contributed by atoms with Crippen molar-refractivity contribution in [2.75, 3.05) is 0 Å². The number of nitrogens with two attached hydrogens (primary N) is 1. The third-order valence-corrected chi connectivity index (χ3v) is 5.77. The first-order valence-corrected chi connectivity index (χ1v) is 10.0. The summed E-state index contributed by atoms with van der Waals surface area (Å²) >= 11 is 0. The fraction of sp³-hybridized carbons (Fsp3) is 0.250. The maximum absolute atomic E-state index is 13.2. The van der Waals surface area contributed by atoms with Crippen molar-refractivity contribution in [3.63, 3.8) is 0 Å². The van der Waals surface area contributed by atoms with Gasteiger partial charge in [0.25, 0.3) is 5.91 Å². The summed E-state index contributed by atoms with van der Waals surface area (Å²) in [6, 6.07) is 9.85. The molecule has 4 rings (SSSR count). The van der Waals surface area contributed by atoms with Crippen molar-refractivity contribution in [3.8, 4) is 17.1 Å². The minimum Gasteiger partial charge on any atom is -0.364 e. The van der Waals surface area contributed by atoms with Crippen LogP contribution in [0.2, 0.25) is 0 Å². The zero-order valence-electron chi connectivity index (χ0n) is 18.6. The monoisotopic (exact) mass is 415 g/mol. The van der Waals surface area contributed by atoms with E-state index in [4.69, 9.17) is 10.7 Å². The Morgan fingerprint density at radius 2 is 1.55 bits per heavy atom. The van der Waals surface area contributed by atoms with Crippen molar-refractivity contribution in [1.29, 1.82) is 0 Å². The first kappa shape index (κ1) is 20.5. The number of aryl methyl sites for hydroxylation is 6. The van der Waals surface area contributed by atoms with Gasteiger partial charge in [0.1, 0.15) is 5.52 Å². The lowest BCUT2D eigenvalue weighted by Gasteiger charge is -2.12. The topological polar surface area (TPSA) is 95.8 Å². The van der Waals surface area contributed by atoms with Crippen LogP contribution in [0.5, 0.6) is 0 Å². The number of carbonyl (C=O) groups excluding carboxylic acids is 1. The molecule has 0 spiro atoms. The van der Waals surface area contributed by atoms with Crippen molar-refractivity contribution in [3.05, 3.63) is 74.3 Å². The Labute approximate surface area is 180 Å². The minimum atomic E-state index is -0.705. The molecule has 0 saturated heterocycles. The van der Waals surface area contributed by atoms with E-state index in [0.717, 1.165) is 33.4 Å². The molecule has 0 aliphatic carbocycles. The first-order chi connectivity index (χ1) is 14.6. The van der Waals surface area contributed by atoms with E-state index < -0.39 is 5.91 Å². The Kier molecular flexibility index (Phi) is 4.76. The molecule has 0 fully saturated rings. The molecule has 2 heterocycles. The summed E-state index contributed by atoms with van der Waals surface area (Å²) in [4.78, 5) is 34.8. The van der Waals surface area contributed by atoms with E-state index in [9.17, 15) is 9.59 Å². The second-order valence-corrected chi connectivity index (χ2v) is 8.15. The number of amides is 1. The molecule has 2 N–H and O–H groups in total. The van der Waals surface area contributed by atoms with Gasteiger partial charge in [0.05, 0.1) is 5.69 Å². The van der Waals surface area contributed by atoms with Crippen LogP contribution in [0.4, 0.5) is 0 Å². The van der Waals surface area contributed by atoms with Crippen LogP contribution in [-0.4, -0.2) is 25.0 Å². The molecule has 0 atom stereocenters. The van der Waals surface area contributed by atoms with Crippen LogP contribution < -0.4 is 11.4 Å². The van der Waals surface area contributed by atoms with Crippen LogP contribution in [0.25, 0.3) is 28.2 Å². The number of imidazole rings is 1. The number of fused-ring (bicyclic) bond motifs is 1. The predicted octanol–water partition coefficient (Wildman–Crippen LogP) is 3.43. The molecule has 158 valence electrons. The number of carbonyl (C=O) groups is 1.